The molecule has 0 unspecified atom stereocenters. The first-order valence-electron chi connectivity index (χ1n) is 10.5. The molecule has 0 fully saturated rings. The van der Waals surface area contributed by atoms with Gasteiger partial charge in [-0.15, -0.1) is 0 Å². The maximum atomic E-state index is 14.0. The highest BCUT2D eigenvalue weighted by atomic mass is 31.2. The zero-order valence-corrected chi connectivity index (χ0v) is 18.5. The number of ether oxygens (including phenoxy) is 1. The zero-order valence-electron chi connectivity index (χ0n) is 17.6. The minimum Gasteiger partial charge on any atom is -0.494 e. The molecule has 0 aliphatic carbocycles. The smallest absolute Gasteiger partial charge is 0.232 e. The first-order valence-corrected chi connectivity index (χ1v) is 12.4. The fourth-order valence-electron chi connectivity index (χ4n) is 3.32. The Morgan fingerprint density at radius 1 is 0.806 bits per heavy atom. The van der Waals surface area contributed by atoms with Crippen molar-refractivity contribution in [3.8, 4) is 5.75 Å². The van der Waals surface area contributed by atoms with E-state index in [-0.39, 0.29) is 12.1 Å². The van der Waals surface area contributed by atoms with Gasteiger partial charge in [0.25, 0.3) is 0 Å². The molecule has 0 saturated heterocycles. The molecular weight excluding hydrogens is 407 g/mol. The van der Waals surface area contributed by atoms with Gasteiger partial charge in [0.15, 0.2) is 7.14 Å². The van der Waals surface area contributed by atoms with Gasteiger partial charge < -0.3 is 20.4 Å². The molecule has 3 rings (SSSR count). The summed E-state index contributed by atoms with van der Waals surface area (Å²) >= 11 is 0. The Morgan fingerprint density at radius 2 is 1.39 bits per heavy atom. The fraction of sp³-hybridized carbons (Fsp3) is 0.240. The van der Waals surface area contributed by atoms with Gasteiger partial charge in [-0.3, -0.25) is 4.79 Å². The van der Waals surface area contributed by atoms with Gasteiger partial charge in [-0.05, 0) is 50.1 Å². The Morgan fingerprint density at radius 3 is 1.94 bits per heavy atom. The van der Waals surface area contributed by atoms with Gasteiger partial charge in [0.2, 0.25) is 5.91 Å². The Kier molecular flexibility index (Phi) is 8.45. The van der Waals surface area contributed by atoms with Crippen LogP contribution in [0.2, 0.25) is 0 Å². The van der Waals surface area contributed by atoms with Crippen molar-refractivity contribution in [2.75, 3.05) is 24.6 Å². The number of rotatable bonds is 11. The topological polar surface area (TPSA) is 81.4 Å². The van der Waals surface area contributed by atoms with Crippen molar-refractivity contribution >= 4 is 29.3 Å². The molecule has 5 nitrogen and oxygen atoms in total. The van der Waals surface area contributed by atoms with Gasteiger partial charge in [0.1, 0.15) is 5.75 Å². The Bertz CT molecular complexity index is 949. The summed E-state index contributed by atoms with van der Waals surface area (Å²) < 4.78 is 19.7. The molecule has 3 aromatic carbocycles. The van der Waals surface area contributed by atoms with Gasteiger partial charge in [0.05, 0.1) is 12.8 Å². The molecule has 0 heterocycles. The van der Waals surface area contributed by atoms with Gasteiger partial charge in [0, 0.05) is 16.3 Å². The minimum atomic E-state index is -3.10. The van der Waals surface area contributed by atoms with Crippen LogP contribution in [0.25, 0.3) is 0 Å². The van der Waals surface area contributed by atoms with Crippen molar-refractivity contribution in [3.05, 3.63) is 84.9 Å². The van der Waals surface area contributed by atoms with E-state index in [1.54, 1.807) is 12.1 Å². The van der Waals surface area contributed by atoms with Crippen molar-refractivity contribution in [2.45, 2.75) is 19.3 Å². The van der Waals surface area contributed by atoms with Crippen LogP contribution in [0.3, 0.4) is 0 Å². The second-order valence-corrected chi connectivity index (χ2v) is 10.2. The normalized spacial score (nSPS) is 11.1. The molecule has 0 radical (unpaired) electrons. The summed E-state index contributed by atoms with van der Waals surface area (Å²) in [5.74, 6) is 0.469. The number of benzene rings is 3. The molecule has 0 bridgehead atoms. The van der Waals surface area contributed by atoms with Crippen molar-refractivity contribution in [3.63, 3.8) is 0 Å². The standard InChI is InChI=1S/C25H29N2O3P/c26-18-8-3-9-19-30-22-16-14-21(15-17-22)27-25(28)20-31(29,23-10-4-1-5-11-23)24-12-6-2-7-13-24/h1-2,4-7,10-17H,3,8-9,18-20,26H2,(H,27,28). The Hall–Kier alpha value is -2.88. The molecule has 0 aromatic heterocycles. The largest absolute Gasteiger partial charge is 0.494 e. The summed E-state index contributed by atoms with van der Waals surface area (Å²) in [4.78, 5) is 12.8. The lowest BCUT2D eigenvalue weighted by atomic mass is 10.2. The van der Waals surface area contributed by atoms with Gasteiger partial charge in [-0.25, -0.2) is 0 Å². The number of hydrogen-bond acceptors (Lipinski definition) is 4. The summed E-state index contributed by atoms with van der Waals surface area (Å²) in [6, 6.07) is 25.7. The van der Waals surface area contributed by atoms with E-state index >= 15 is 0 Å². The van der Waals surface area contributed by atoms with Crippen LogP contribution in [-0.4, -0.2) is 25.2 Å². The highest BCUT2D eigenvalue weighted by molar-refractivity contribution is 7.79. The molecule has 0 atom stereocenters. The minimum absolute atomic E-state index is 0.0968. The predicted molar refractivity (Wildman–Crippen MR) is 128 cm³/mol. The lowest BCUT2D eigenvalue weighted by Crippen LogP contribution is -2.26. The summed E-state index contributed by atoms with van der Waals surface area (Å²) in [5.41, 5.74) is 6.14. The van der Waals surface area contributed by atoms with Crippen LogP contribution in [0.5, 0.6) is 5.75 Å². The molecule has 3 N–H and O–H groups in total. The number of hydrogen-bond donors (Lipinski definition) is 2. The molecule has 1 amide bonds. The summed E-state index contributed by atoms with van der Waals surface area (Å²) in [6.45, 7) is 1.35. The lowest BCUT2D eigenvalue weighted by molar-refractivity contribution is -0.113. The Labute approximate surface area is 184 Å². The van der Waals surface area contributed by atoms with Crippen LogP contribution in [0.1, 0.15) is 19.3 Å². The molecule has 3 aromatic rings. The first kappa shape index (κ1) is 22.8. The average Bonchev–Trinajstić information content (AvgIpc) is 2.81. The van der Waals surface area contributed by atoms with Crippen LogP contribution in [-0.2, 0) is 9.36 Å². The highest BCUT2D eigenvalue weighted by Crippen LogP contribution is 2.43. The van der Waals surface area contributed by atoms with E-state index in [2.05, 4.69) is 5.32 Å². The zero-order chi connectivity index (χ0) is 21.9. The van der Waals surface area contributed by atoms with E-state index in [1.807, 2.05) is 72.8 Å². The summed E-state index contributed by atoms with van der Waals surface area (Å²) in [5, 5.41) is 4.22. The molecule has 0 aliphatic heterocycles. The maximum Gasteiger partial charge on any atom is 0.232 e. The van der Waals surface area contributed by atoms with Gasteiger partial charge in [-0.2, -0.15) is 0 Å². The number of carbonyl (C=O) groups excluding carboxylic acids is 1. The molecule has 0 spiro atoms. The second-order valence-electron chi connectivity index (χ2n) is 7.34. The number of unbranched alkanes of at least 4 members (excludes halogenated alkanes) is 2. The molecule has 162 valence electrons. The van der Waals surface area contributed by atoms with E-state index < -0.39 is 7.14 Å². The quantitative estimate of drug-likeness (QED) is 0.350. The van der Waals surface area contributed by atoms with Gasteiger partial charge in [-0.1, -0.05) is 60.7 Å². The number of nitrogens with two attached hydrogens (primary N) is 1. The highest BCUT2D eigenvalue weighted by Gasteiger charge is 2.30. The first-order chi connectivity index (χ1) is 15.1. The molecule has 0 saturated carbocycles. The van der Waals surface area contributed by atoms with Crippen LogP contribution >= 0.6 is 7.14 Å². The van der Waals surface area contributed by atoms with E-state index in [4.69, 9.17) is 10.5 Å². The average molecular weight is 436 g/mol. The van der Waals surface area contributed by atoms with Crippen LogP contribution in [0, 0.1) is 0 Å². The van der Waals surface area contributed by atoms with Crippen LogP contribution in [0.15, 0.2) is 84.9 Å². The van der Waals surface area contributed by atoms with Crippen molar-refractivity contribution in [1.82, 2.24) is 0 Å². The second kappa shape index (κ2) is 11.5. The van der Waals surface area contributed by atoms with Crippen LogP contribution < -0.4 is 26.4 Å². The van der Waals surface area contributed by atoms with E-state index in [0.29, 0.717) is 29.4 Å². The van der Waals surface area contributed by atoms with E-state index in [9.17, 15) is 9.36 Å². The Balaban J connectivity index is 1.65. The summed E-state index contributed by atoms with van der Waals surface area (Å²) in [7, 11) is -3.10. The fourth-order valence-corrected chi connectivity index (χ4v) is 5.77. The summed E-state index contributed by atoms with van der Waals surface area (Å²) in [6.07, 6.45) is 2.92. The third-order valence-corrected chi connectivity index (χ3v) is 7.97. The monoisotopic (exact) mass is 436 g/mol. The number of nitrogens with one attached hydrogen (secondary N) is 1. The molecule has 0 aliphatic rings. The van der Waals surface area contributed by atoms with E-state index in [0.717, 1.165) is 25.0 Å². The third-order valence-electron chi connectivity index (χ3n) is 4.97. The van der Waals surface area contributed by atoms with E-state index in [1.165, 1.54) is 0 Å². The number of anilines is 1. The predicted octanol–water partition coefficient (Wildman–Crippen LogP) is 4.15. The number of amides is 1. The third kappa shape index (κ3) is 6.55. The number of carbonyl (C=O) groups is 1. The maximum absolute atomic E-state index is 14.0. The van der Waals surface area contributed by atoms with Crippen molar-refractivity contribution < 1.29 is 14.1 Å². The molecule has 6 heteroatoms. The van der Waals surface area contributed by atoms with Crippen molar-refractivity contribution in [1.29, 1.82) is 0 Å². The van der Waals surface area contributed by atoms with Crippen molar-refractivity contribution in [2.24, 2.45) is 5.73 Å². The molecule has 31 heavy (non-hydrogen) atoms. The molecular formula is C25H29N2O3P. The lowest BCUT2D eigenvalue weighted by Gasteiger charge is -2.19. The van der Waals surface area contributed by atoms with Crippen LogP contribution in [0.4, 0.5) is 5.69 Å². The SMILES string of the molecule is NCCCCCOc1ccc(NC(=O)CP(=O)(c2ccccc2)c2ccccc2)cc1. The van der Waals surface area contributed by atoms with Gasteiger partial charge >= 0.3 is 0 Å².